The minimum absolute atomic E-state index is 0.101. The van der Waals surface area contributed by atoms with Gasteiger partial charge in [0.05, 0.1) is 13.1 Å². The first-order chi connectivity index (χ1) is 11.2. The Balaban J connectivity index is 2.07. The highest BCUT2D eigenvalue weighted by molar-refractivity contribution is 5.77. The van der Waals surface area contributed by atoms with Crippen LogP contribution in [0.2, 0.25) is 0 Å². The lowest BCUT2D eigenvalue weighted by Gasteiger charge is -2.19. The lowest BCUT2D eigenvalue weighted by atomic mass is 10.3. The number of rotatable bonds is 12. The van der Waals surface area contributed by atoms with Gasteiger partial charge in [0.25, 0.3) is 0 Å². The molecule has 5 nitrogen and oxygen atoms in total. The minimum atomic E-state index is 0.101. The predicted octanol–water partition coefficient (Wildman–Crippen LogP) is 1.85. The smallest absolute Gasteiger partial charge is 0.236 e. The molecule has 5 heteroatoms. The highest BCUT2D eigenvalue weighted by Crippen LogP contribution is 2.07. The van der Waals surface area contributed by atoms with Crippen molar-refractivity contribution < 1.29 is 9.53 Å². The number of para-hydroxylation sites is 1. The van der Waals surface area contributed by atoms with E-state index in [1.165, 1.54) is 0 Å². The Kier molecular flexibility index (Phi) is 10.1. The quantitative estimate of drug-likeness (QED) is 0.597. The van der Waals surface area contributed by atoms with Crippen molar-refractivity contribution in [3.63, 3.8) is 0 Å². The molecule has 0 atom stereocenters. The van der Waals surface area contributed by atoms with E-state index >= 15 is 0 Å². The minimum Gasteiger partial charge on any atom is -0.492 e. The first-order valence-corrected chi connectivity index (χ1v) is 8.52. The molecule has 23 heavy (non-hydrogen) atoms. The molecule has 1 N–H and O–H groups in total. The van der Waals surface area contributed by atoms with Crippen LogP contribution in [0.15, 0.2) is 30.3 Å². The first kappa shape index (κ1) is 19.5. The molecule has 0 fully saturated rings. The van der Waals surface area contributed by atoms with Gasteiger partial charge >= 0.3 is 0 Å². The molecule has 0 aliphatic carbocycles. The number of benzene rings is 1. The number of carbonyl (C=O) groups is 1. The van der Waals surface area contributed by atoms with Gasteiger partial charge < -0.3 is 19.9 Å². The summed E-state index contributed by atoms with van der Waals surface area (Å²) in [5.74, 6) is 0.937. The number of hydrogen-bond donors (Lipinski definition) is 1. The molecule has 0 bridgehead atoms. The van der Waals surface area contributed by atoms with E-state index < -0.39 is 0 Å². The second kappa shape index (κ2) is 11.9. The fraction of sp³-hybridized carbons (Fsp3) is 0.611. The Labute approximate surface area is 140 Å². The molecule has 0 radical (unpaired) electrons. The van der Waals surface area contributed by atoms with Gasteiger partial charge in [0.2, 0.25) is 5.91 Å². The number of nitrogens with one attached hydrogen (secondary N) is 1. The van der Waals surface area contributed by atoms with Crippen molar-refractivity contribution >= 4 is 5.91 Å². The Bertz CT molecular complexity index is 422. The Morgan fingerprint density at radius 1 is 1.13 bits per heavy atom. The van der Waals surface area contributed by atoms with Gasteiger partial charge in [0, 0.05) is 7.05 Å². The highest BCUT2D eigenvalue weighted by Gasteiger charge is 2.08. The molecule has 0 spiro atoms. The van der Waals surface area contributed by atoms with Crippen molar-refractivity contribution in [3.8, 4) is 5.75 Å². The molecule has 1 rings (SSSR count). The summed E-state index contributed by atoms with van der Waals surface area (Å²) in [4.78, 5) is 16.1. The lowest BCUT2D eigenvalue weighted by molar-refractivity contribution is -0.129. The zero-order chi connectivity index (χ0) is 16.9. The molecule has 0 saturated carbocycles. The normalized spacial score (nSPS) is 10.8. The molecule has 0 saturated heterocycles. The van der Waals surface area contributed by atoms with Crippen LogP contribution in [0.5, 0.6) is 5.75 Å². The second-order valence-corrected chi connectivity index (χ2v) is 5.53. The highest BCUT2D eigenvalue weighted by atomic mass is 16.5. The van der Waals surface area contributed by atoms with Crippen molar-refractivity contribution in [1.29, 1.82) is 0 Å². The topological polar surface area (TPSA) is 44.8 Å². The van der Waals surface area contributed by atoms with Crippen LogP contribution >= 0.6 is 0 Å². The SMILES string of the molecule is CCN(CC)CCCNCC(=O)N(C)CCOc1ccccc1. The van der Waals surface area contributed by atoms with E-state index in [9.17, 15) is 4.79 Å². The second-order valence-electron chi connectivity index (χ2n) is 5.53. The maximum atomic E-state index is 12.0. The molecule has 1 aromatic carbocycles. The average molecular weight is 321 g/mol. The van der Waals surface area contributed by atoms with Gasteiger partial charge in [0.1, 0.15) is 12.4 Å². The van der Waals surface area contributed by atoms with Gasteiger partial charge in [-0.15, -0.1) is 0 Å². The molecule has 0 aromatic heterocycles. The molecule has 0 unspecified atom stereocenters. The van der Waals surface area contributed by atoms with E-state index in [1.807, 2.05) is 37.4 Å². The summed E-state index contributed by atoms with van der Waals surface area (Å²) in [6, 6.07) is 9.66. The number of ether oxygens (including phenoxy) is 1. The van der Waals surface area contributed by atoms with Crippen LogP contribution in [-0.4, -0.2) is 68.6 Å². The van der Waals surface area contributed by atoms with E-state index in [1.54, 1.807) is 4.90 Å². The van der Waals surface area contributed by atoms with E-state index in [4.69, 9.17) is 4.74 Å². The molecular weight excluding hydrogens is 290 g/mol. The Hall–Kier alpha value is -1.59. The Morgan fingerprint density at radius 3 is 2.48 bits per heavy atom. The van der Waals surface area contributed by atoms with Crippen LogP contribution < -0.4 is 10.1 Å². The van der Waals surface area contributed by atoms with Crippen LogP contribution in [0.25, 0.3) is 0 Å². The van der Waals surface area contributed by atoms with Crippen LogP contribution in [0.1, 0.15) is 20.3 Å². The molecule has 0 aliphatic heterocycles. The molecule has 0 aliphatic rings. The largest absolute Gasteiger partial charge is 0.492 e. The fourth-order valence-electron chi connectivity index (χ4n) is 2.24. The van der Waals surface area contributed by atoms with Crippen molar-refractivity contribution in [2.75, 3.05) is 52.9 Å². The Morgan fingerprint density at radius 2 is 1.83 bits per heavy atom. The maximum Gasteiger partial charge on any atom is 0.236 e. The number of carbonyl (C=O) groups excluding carboxylic acids is 1. The van der Waals surface area contributed by atoms with E-state index in [0.29, 0.717) is 19.7 Å². The summed E-state index contributed by atoms with van der Waals surface area (Å²) >= 11 is 0. The predicted molar refractivity (Wildman–Crippen MR) is 94.8 cm³/mol. The molecule has 1 amide bonds. The number of nitrogens with zero attached hydrogens (tertiary/aromatic N) is 2. The first-order valence-electron chi connectivity index (χ1n) is 8.52. The summed E-state index contributed by atoms with van der Waals surface area (Å²) < 4.78 is 5.60. The standard InChI is InChI=1S/C18H31N3O2/c1-4-21(5-2)13-9-12-19-16-18(22)20(3)14-15-23-17-10-7-6-8-11-17/h6-8,10-11,19H,4-5,9,12-16H2,1-3H3. The third-order valence-corrected chi connectivity index (χ3v) is 3.86. The van der Waals surface area contributed by atoms with Crippen LogP contribution in [0, 0.1) is 0 Å². The van der Waals surface area contributed by atoms with Crippen molar-refractivity contribution in [3.05, 3.63) is 30.3 Å². The van der Waals surface area contributed by atoms with E-state index in [-0.39, 0.29) is 5.91 Å². The molecule has 1 aromatic rings. The van der Waals surface area contributed by atoms with Gasteiger partial charge in [0.15, 0.2) is 0 Å². The van der Waals surface area contributed by atoms with Gasteiger partial charge in [-0.1, -0.05) is 32.0 Å². The molecule has 130 valence electrons. The van der Waals surface area contributed by atoms with Gasteiger partial charge in [-0.3, -0.25) is 4.79 Å². The average Bonchev–Trinajstić information content (AvgIpc) is 2.58. The van der Waals surface area contributed by atoms with Gasteiger partial charge in [-0.2, -0.15) is 0 Å². The van der Waals surface area contributed by atoms with Crippen molar-refractivity contribution in [2.24, 2.45) is 0 Å². The van der Waals surface area contributed by atoms with Gasteiger partial charge in [-0.25, -0.2) is 0 Å². The van der Waals surface area contributed by atoms with E-state index in [0.717, 1.165) is 38.3 Å². The fourth-order valence-corrected chi connectivity index (χ4v) is 2.24. The van der Waals surface area contributed by atoms with Crippen LogP contribution in [0.3, 0.4) is 0 Å². The zero-order valence-electron chi connectivity index (χ0n) is 14.8. The monoisotopic (exact) mass is 321 g/mol. The van der Waals surface area contributed by atoms with Crippen molar-refractivity contribution in [1.82, 2.24) is 15.1 Å². The summed E-state index contributed by atoms with van der Waals surface area (Å²) in [5, 5.41) is 3.22. The lowest BCUT2D eigenvalue weighted by Crippen LogP contribution is -2.38. The van der Waals surface area contributed by atoms with E-state index in [2.05, 4.69) is 24.1 Å². The van der Waals surface area contributed by atoms with Crippen LogP contribution in [0.4, 0.5) is 0 Å². The van der Waals surface area contributed by atoms with Crippen molar-refractivity contribution in [2.45, 2.75) is 20.3 Å². The van der Waals surface area contributed by atoms with Crippen LogP contribution in [-0.2, 0) is 4.79 Å². The molecular formula is C18H31N3O2. The third kappa shape index (κ3) is 8.57. The number of amides is 1. The summed E-state index contributed by atoms with van der Waals surface area (Å²) in [7, 11) is 1.81. The number of hydrogen-bond acceptors (Lipinski definition) is 4. The third-order valence-electron chi connectivity index (χ3n) is 3.86. The zero-order valence-corrected chi connectivity index (χ0v) is 14.8. The van der Waals surface area contributed by atoms with Gasteiger partial charge in [-0.05, 0) is 44.7 Å². The maximum absolute atomic E-state index is 12.0. The molecule has 0 heterocycles. The summed E-state index contributed by atoms with van der Waals surface area (Å²) in [6.45, 7) is 9.95. The summed E-state index contributed by atoms with van der Waals surface area (Å²) in [6.07, 6.45) is 1.07. The number of likely N-dealkylation sites (N-methyl/N-ethyl adjacent to an activating group) is 1. The summed E-state index contributed by atoms with van der Waals surface area (Å²) in [5.41, 5.74) is 0.